The molecule has 0 atom stereocenters. The predicted molar refractivity (Wildman–Crippen MR) is 78.9 cm³/mol. The van der Waals surface area contributed by atoms with Crippen molar-refractivity contribution in [1.29, 1.82) is 5.26 Å². The van der Waals surface area contributed by atoms with Crippen molar-refractivity contribution in [2.45, 2.75) is 0 Å². The van der Waals surface area contributed by atoms with E-state index < -0.39 is 10.9 Å². The Morgan fingerprint density at radius 1 is 1.23 bits per heavy atom. The van der Waals surface area contributed by atoms with Crippen LogP contribution in [0.4, 0.5) is 5.69 Å². The number of para-hydroxylation sites is 1. The minimum absolute atomic E-state index is 0.0990. The van der Waals surface area contributed by atoms with Gasteiger partial charge < -0.3 is 4.74 Å². The third-order valence-electron chi connectivity index (χ3n) is 2.71. The summed E-state index contributed by atoms with van der Waals surface area (Å²) in [5.74, 6) is -0.454. The molecule has 108 valence electrons. The molecule has 0 N–H and O–H groups in total. The van der Waals surface area contributed by atoms with E-state index in [-0.39, 0.29) is 11.4 Å². The number of esters is 1. The molecule has 0 saturated heterocycles. The molecule has 0 fully saturated rings. The van der Waals surface area contributed by atoms with Gasteiger partial charge in [0, 0.05) is 12.1 Å². The van der Waals surface area contributed by atoms with E-state index in [1.165, 1.54) is 30.3 Å². The number of rotatable bonds is 4. The van der Waals surface area contributed by atoms with E-state index in [1.54, 1.807) is 24.3 Å². The van der Waals surface area contributed by atoms with Crippen LogP contribution in [0, 0.1) is 21.4 Å². The molecular formula is C16H10N2O4. The van der Waals surface area contributed by atoms with Gasteiger partial charge in [-0.25, -0.2) is 4.79 Å². The Hall–Kier alpha value is -3.46. The van der Waals surface area contributed by atoms with E-state index in [2.05, 4.69) is 0 Å². The zero-order valence-electron chi connectivity index (χ0n) is 11.3. The standard InChI is InChI=1S/C16H10N2O4/c17-11-12-4-3-6-14(10-12)22-16(19)9-8-13-5-1-2-7-15(13)18(20)21/h1-10H/b9-8+. The normalized spacial score (nSPS) is 10.1. The van der Waals surface area contributed by atoms with Crippen molar-refractivity contribution in [3.8, 4) is 11.8 Å². The number of carbonyl (C=O) groups excluding carboxylic acids is 1. The largest absolute Gasteiger partial charge is 0.423 e. The monoisotopic (exact) mass is 294 g/mol. The lowest BCUT2D eigenvalue weighted by molar-refractivity contribution is -0.385. The van der Waals surface area contributed by atoms with Gasteiger partial charge in [-0.3, -0.25) is 10.1 Å². The number of carbonyl (C=O) groups is 1. The Morgan fingerprint density at radius 2 is 2.00 bits per heavy atom. The molecule has 2 aromatic carbocycles. The first-order valence-corrected chi connectivity index (χ1v) is 6.23. The van der Waals surface area contributed by atoms with Gasteiger partial charge in [0.2, 0.25) is 0 Å². The van der Waals surface area contributed by atoms with Gasteiger partial charge in [0.15, 0.2) is 0 Å². The third-order valence-corrected chi connectivity index (χ3v) is 2.71. The summed E-state index contributed by atoms with van der Waals surface area (Å²) in [4.78, 5) is 22.0. The zero-order chi connectivity index (χ0) is 15.9. The molecule has 22 heavy (non-hydrogen) atoms. The Balaban J connectivity index is 2.12. The van der Waals surface area contributed by atoms with Gasteiger partial charge in [-0.1, -0.05) is 18.2 Å². The molecule has 0 amide bonds. The summed E-state index contributed by atoms with van der Waals surface area (Å²) >= 11 is 0. The number of ether oxygens (including phenoxy) is 1. The molecule has 2 rings (SSSR count). The molecule has 6 heteroatoms. The van der Waals surface area contributed by atoms with Crippen LogP contribution in [-0.4, -0.2) is 10.9 Å². The Bertz CT molecular complexity index is 791. The highest BCUT2D eigenvalue weighted by Gasteiger charge is 2.10. The Kier molecular flexibility index (Phi) is 4.63. The van der Waals surface area contributed by atoms with Crippen LogP contribution >= 0.6 is 0 Å². The SMILES string of the molecule is N#Cc1cccc(OC(=O)/C=C/c2ccccc2[N+](=O)[O-])c1. The minimum atomic E-state index is -0.687. The second-order valence-electron chi connectivity index (χ2n) is 4.21. The maximum Gasteiger partial charge on any atom is 0.336 e. The highest BCUT2D eigenvalue weighted by molar-refractivity contribution is 5.89. The van der Waals surface area contributed by atoms with Crippen LogP contribution in [0.15, 0.2) is 54.6 Å². The fourth-order valence-corrected chi connectivity index (χ4v) is 1.73. The summed E-state index contributed by atoms with van der Waals surface area (Å²) in [7, 11) is 0. The maximum atomic E-state index is 11.7. The van der Waals surface area contributed by atoms with Crippen LogP contribution in [0.25, 0.3) is 6.08 Å². The van der Waals surface area contributed by atoms with Crippen molar-refractivity contribution >= 4 is 17.7 Å². The number of nitro benzene ring substituents is 1. The van der Waals surface area contributed by atoms with Crippen LogP contribution in [0.3, 0.4) is 0 Å². The maximum absolute atomic E-state index is 11.7. The third kappa shape index (κ3) is 3.77. The number of hydrogen-bond acceptors (Lipinski definition) is 5. The number of nitrogens with zero attached hydrogens (tertiary/aromatic N) is 2. The number of benzene rings is 2. The van der Waals surface area contributed by atoms with Gasteiger partial charge >= 0.3 is 5.97 Å². The molecule has 0 aliphatic heterocycles. The van der Waals surface area contributed by atoms with Gasteiger partial charge in [-0.2, -0.15) is 5.26 Å². The second kappa shape index (κ2) is 6.81. The van der Waals surface area contributed by atoms with Crippen LogP contribution in [0.2, 0.25) is 0 Å². The van der Waals surface area contributed by atoms with Crippen LogP contribution in [0.5, 0.6) is 5.75 Å². The van der Waals surface area contributed by atoms with Gasteiger partial charge in [-0.15, -0.1) is 0 Å². The molecule has 0 heterocycles. The molecular weight excluding hydrogens is 284 g/mol. The number of nitro groups is 1. The Labute approximate surface area is 126 Å². The molecule has 0 bridgehead atoms. The molecule has 6 nitrogen and oxygen atoms in total. The zero-order valence-corrected chi connectivity index (χ0v) is 11.3. The van der Waals surface area contributed by atoms with Crippen molar-refractivity contribution in [1.82, 2.24) is 0 Å². The first kappa shape index (κ1) is 14.9. The lowest BCUT2D eigenvalue weighted by Crippen LogP contribution is -2.03. The molecule has 0 aliphatic carbocycles. The molecule has 0 spiro atoms. The van der Waals surface area contributed by atoms with E-state index in [9.17, 15) is 14.9 Å². The summed E-state index contributed by atoms with van der Waals surface area (Å²) in [6, 6.07) is 14.1. The summed E-state index contributed by atoms with van der Waals surface area (Å²) in [6.07, 6.45) is 2.41. The molecule has 2 aromatic rings. The van der Waals surface area contributed by atoms with Crippen molar-refractivity contribution in [2.24, 2.45) is 0 Å². The molecule has 0 aliphatic rings. The van der Waals surface area contributed by atoms with Crippen LogP contribution in [0.1, 0.15) is 11.1 Å². The summed E-state index contributed by atoms with van der Waals surface area (Å²) in [5.41, 5.74) is 0.571. The van der Waals surface area contributed by atoms with Crippen LogP contribution < -0.4 is 4.74 Å². The van der Waals surface area contributed by atoms with Crippen molar-refractivity contribution < 1.29 is 14.5 Å². The summed E-state index contributed by atoms with van der Waals surface area (Å²) in [6.45, 7) is 0. The fourth-order valence-electron chi connectivity index (χ4n) is 1.73. The predicted octanol–water partition coefficient (Wildman–Crippen LogP) is 3.09. The highest BCUT2D eigenvalue weighted by atomic mass is 16.6. The quantitative estimate of drug-likeness (QED) is 0.284. The fraction of sp³-hybridized carbons (Fsp3) is 0. The van der Waals surface area contributed by atoms with Gasteiger partial charge in [-0.05, 0) is 30.3 Å². The van der Waals surface area contributed by atoms with Gasteiger partial charge in [0.05, 0.1) is 22.1 Å². The first-order valence-electron chi connectivity index (χ1n) is 6.23. The number of hydrogen-bond donors (Lipinski definition) is 0. The first-order chi connectivity index (χ1) is 10.6. The van der Waals surface area contributed by atoms with Crippen molar-refractivity contribution in [3.05, 3.63) is 75.8 Å². The van der Waals surface area contributed by atoms with Gasteiger partial charge in [0.1, 0.15) is 5.75 Å². The van der Waals surface area contributed by atoms with Crippen molar-refractivity contribution in [3.63, 3.8) is 0 Å². The van der Waals surface area contributed by atoms with E-state index in [4.69, 9.17) is 10.00 Å². The van der Waals surface area contributed by atoms with E-state index in [0.29, 0.717) is 11.1 Å². The molecule has 0 saturated carbocycles. The molecule has 0 aromatic heterocycles. The Morgan fingerprint density at radius 3 is 2.73 bits per heavy atom. The smallest absolute Gasteiger partial charge is 0.336 e. The molecule has 0 radical (unpaired) electrons. The lowest BCUT2D eigenvalue weighted by Gasteiger charge is -2.01. The molecule has 0 unspecified atom stereocenters. The second-order valence-corrected chi connectivity index (χ2v) is 4.21. The van der Waals surface area contributed by atoms with Crippen molar-refractivity contribution in [2.75, 3.05) is 0 Å². The summed E-state index contributed by atoms with van der Waals surface area (Å²) in [5, 5.41) is 19.6. The lowest BCUT2D eigenvalue weighted by atomic mass is 10.1. The van der Waals surface area contributed by atoms with Gasteiger partial charge in [0.25, 0.3) is 5.69 Å². The average molecular weight is 294 g/mol. The summed E-state index contributed by atoms with van der Waals surface area (Å²) < 4.78 is 5.03. The minimum Gasteiger partial charge on any atom is -0.423 e. The average Bonchev–Trinajstić information content (AvgIpc) is 2.53. The highest BCUT2D eigenvalue weighted by Crippen LogP contribution is 2.19. The van der Waals surface area contributed by atoms with E-state index in [1.807, 2.05) is 6.07 Å². The van der Waals surface area contributed by atoms with Crippen LogP contribution in [-0.2, 0) is 4.79 Å². The topological polar surface area (TPSA) is 93.2 Å². The van der Waals surface area contributed by atoms with E-state index >= 15 is 0 Å². The van der Waals surface area contributed by atoms with E-state index in [0.717, 1.165) is 6.08 Å². The number of nitriles is 1.